The number of anilines is 1. The predicted octanol–water partition coefficient (Wildman–Crippen LogP) is -5.22. The molecular weight excluding hydrogens is 1210 g/mol. The minimum absolute atomic E-state index is 0.0389. The van der Waals surface area contributed by atoms with Crippen molar-refractivity contribution in [2.75, 3.05) is 37.6 Å². The maximum atomic E-state index is 14.6. The number of carbonyl (C=O) groups excluding carboxylic acids is 12. The number of carbonyl (C=O) groups is 14. The lowest BCUT2D eigenvalue weighted by atomic mass is 9.95. The predicted molar refractivity (Wildman–Crippen MR) is 313 cm³/mol. The molecule has 504 valence electrons. The minimum atomic E-state index is -1.98. The van der Waals surface area contributed by atoms with Gasteiger partial charge in [-0.2, -0.15) is 0 Å². The summed E-state index contributed by atoms with van der Waals surface area (Å²) in [7, 11) is 0. The van der Waals surface area contributed by atoms with Gasteiger partial charge in [0, 0.05) is 31.1 Å². The van der Waals surface area contributed by atoms with Gasteiger partial charge in [0.25, 0.3) is 0 Å². The van der Waals surface area contributed by atoms with Gasteiger partial charge in [-0.3, -0.25) is 78.1 Å². The van der Waals surface area contributed by atoms with Crippen molar-refractivity contribution in [3.05, 3.63) is 23.4 Å². The molecule has 91 heavy (non-hydrogen) atoms. The molecule has 0 spiro atoms. The van der Waals surface area contributed by atoms with E-state index < -0.39 is 181 Å². The van der Waals surface area contributed by atoms with Crippen LogP contribution in [0.1, 0.15) is 116 Å². The van der Waals surface area contributed by atoms with E-state index in [1.807, 2.05) is 0 Å². The van der Waals surface area contributed by atoms with Crippen LogP contribution in [0.3, 0.4) is 0 Å². The fourth-order valence-corrected chi connectivity index (χ4v) is 9.90. The number of nitrogens with one attached hydrogen (secondary N) is 10. The van der Waals surface area contributed by atoms with Gasteiger partial charge in [0.15, 0.2) is 11.5 Å². The van der Waals surface area contributed by atoms with E-state index >= 15 is 0 Å². The maximum Gasteiger partial charge on any atom is 0.328 e. The number of aliphatic carboxylic acids is 2. The highest BCUT2D eigenvalue weighted by atomic mass is 16.5. The third-order valence-electron chi connectivity index (χ3n) is 14.8. The Bertz CT molecular complexity index is 2850. The van der Waals surface area contributed by atoms with Crippen LogP contribution in [-0.2, 0) is 71.9 Å². The summed E-state index contributed by atoms with van der Waals surface area (Å²) in [5.41, 5.74) is 11.8. The van der Waals surface area contributed by atoms with Crippen molar-refractivity contribution in [1.29, 1.82) is 0 Å². The number of phenols is 2. The molecule has 3 aliphatic heterocycles. The SMILES string of the molecule is CC1NC(=O)C(C)NC(=O)C(NC(=O)C(CCCCN)NC(=O)C(CCCN(O)C=O)NC(=O)C(CC(=O)O)NC(=O)C2CCNC3C(NC(=O)CCC(=O)O)=Cc4cc(O)c(O)cc4N23)C(C)OC(=O)C(CCCCN)NC(=O)C(CCCN(O)C=O)NC1=O. The number of esters is 1. The second kappa shape index (κ2) is 36.4. The average Bonchev–Trinajstić information content (AvgIpc) is 0.774. The van der Waals surface area contributed by atoms with Crippen molar-refractivity contribution in [1.82, 2.24) is 63.3 Å². The highest BCUT2D eigenvalue weighted by molar-refractivity contribution is 6.00. The first-order chi connectivity index (χ1) is 43.1. The molecule has 0 radical (unpaired) electrons. The number of nitrogens with two attached hydrogens (primary N) is 2. The van der Waals surface area contributed by atoms with Crippen LogP contribution in [0.4, 0.5) is 5.69 Å². The number of phenolic OH excluding ortho intramolecular Hbond substituents is 2. The lowest BCUT2D eigenvalue weighted by Crippen LogP contribution is -2.65. The molecule has 0 saturated carbocycles. The minimum Gasteiger partial charge on any atom is -0.504 e. The Kier molecular flexibility index (Phi) is 29.7. The third kappa shape index (κ3) is 22.9. The van der Waals surface area contributed by atoms with Crippen LogP contribution in [0, 0.1) is 0 Å². The molecule has 11 atom stereocenters. The Hall–Kier alpha value is -9.26. The van der Waals surface area contributed by atoms with Crippen LogP contribution in [0.25, 0.3) is 6.08 Å². The molecule has 3 aliphatic rings. The number of hydrogen-bond donors (Lipinski definition) is 18. The first kappa shape index (κ1) is 74.2. The molecule has 11 amide bonds. The standard InChI is InChI=1S/C55H83N15O21/c1-28-47(80)59-29(2)48(81)62-33(12-8-20-68(89)26-71)50(83)65-35(11-5-7-18-57)55(88)91-30(3)45(54(87)60-28)67-51(84)32(10-4-6-17-56)63-49(82)34(13-9-21-69(90)27-72)64-52(85)37(24-44(78)79)66-53(86)38-16-19-58-46-36(61-42(75)14-15-43(76)77)22-31-23-40(73)41(74)25-39(31)70(38)46/h22-23,25-30,32-35,37-38,45-46,58,73-74,89-90H,4-21,24,56-57H2,1-3H3,(H,59,80)(H,60,87)(H,61,75)(H,62,81)(H,63,82)(H,64,85)(H,65,83)(H,66,86)(H,67,84)(H,76,77)(H,78,79). The van der Waals surface area contributed by atoms with Gasteiger partial charge >= 0.3 is 17.9 Å². The Morgan fingerprint density at radius 2 is 1.24 bits per heavy atom. The van der Waals surface area contributed by atoms with Crippen LogP contribution in [-0.4, -0.2) is 224 Å². The summed E-state index contributed by atoms with van der Waals surface area (Å²) in [5, 5.41) is 85.7. The summed E-state index contributed by atoms with van der Waals surface area (Å²) < 4.78 is 5.75. The Morgan fingerprint density at radius 3 is 1.87 bits per heavy atom. The molecule has 2 fully saturated rings. The summed E-state index contributed by atoms with van der Waals surface area (Å²) in [6, 6.07) is -12.1. The molecule has 1 aromatic rings. The average molecular weight is 1290 g/mol. The second-order valence-corrected chi connectivity index (χ2v) is 21.9. The Labute approximate surface area is 521 Å². The zero-order valence-electron chi connectivity index (χ0n) is 50.5. The number of amides is 11. The van der Waals surface area contributed by atoms with Crippen LogP contribution < -0.4 is 69.5 Å². The van der Waals surface area contributed by atoms with Gasteiger partial charge in [-0.15, -0.1) is 0 Å². The van der Waals surface area contributed by atoms with E-state index in [2.05, 4.69) is 53.2 Å². The van der Waals surface area contributed by atoms with Crippen molar-refractivity contribution in [3.63, 3.8) is 0 Å². The number of aromatic hydroxyl groups is 2. The lowest BCUT2D eigenvalue weighted by Gasteiger charge is -2.47. The normalized spacial score (nSPS) is 22.1. The maximum absolute atomic E-state index is 14.6. The van der Waals surface area contributed by atoms with Crippen LogP contribution in [0.5, 0.6) is 11.5 Å². The molecule has 4 rings (SSSR count). The number of rotatable bonds is 32. The van der Waals surface area contributed by atoms with Crippen molar-refractivity contribution in [3.8, 4) is 11.5 Å². The summed E-state index contributed by atoms with van der Waals surface area (Å²) in [6.07, 6.45) is -3.56. The Balaban J connectivity index is 1.68. The summed E-state index contributed by atoms with van der Waals surface area (Å²) in [4.78, 5) is 188. The number of unbranched alkanes of at least 4 members (excludes halogenated alkanes) is 2. The summed E-state index contributed by atoms with van der Waals surface area (Å²) in [6.45, 7) is 3.31. The number of ether oxygens (including phenoxy) is 1. The highest BCUT2D eigenvalue weighted by Gasteiger charge is 2.43. The zero-order chi connectivity index (χ0) is 67.6. The van der Waals surface area contributed by atoms with Crippen molar-refractivity contribution < 1.29 is 103 Å². The molecule has 1 aromatic carbocycles. The molecule has 11 unspecified atom stereocenters. The third-order valence-corrected chi connectivity index (χ3v) is 14.8. The van der Waals surface area contributed by atoms with Crippen molar-refractivity contribution in [2.24, 2.45) is 11.5 Å². The van der Waals surface area contributed by atoms with Gasteiger partial charge in [0.2, 0.25) is 66.0 Å². The van der Waals surface area contributed by atoms with Gasteiger partial charge in [-0.05, 0) is 123 Å². The number of nitrogens with zero attached hydrogens (tertiary/aromatic N) is 3. The van der Waals surface area contributed by atoms with Gasteiger partial charge in [0.1, 0.15) is 66.6 Å². The van der Waals surface area contributed by atoms with Gasteiger partial charge in [-0.25, -0.2) is 14.9 Å². The van der Waals surface area contributed by atoms with E-state index in [0.29, 0.717) is 11.5 Å². The first-order valence-corrected chi connectivity index (χ1v) is 29.5. The molecular formula is C55H83N15O21. The Morgan fingerprint density at radius 1 is 0.681 bits per heavy atom. The number of carboxylic acid groups (broad SMARTS) is 2. The first-order valence-electron chi connectivity index (χ1n) is 29.5. The van der Waals surface area contributed by atoms with Crippen LogP contribution in [0.2, 0.25) is 0 Å². The fourth-order valence-electron chi connectivity index (χ4n) is 9.90. The van der Waals surface area contributed by atoms with E-state index in [1.165, 1.54) is 31.7 Å². The molecule has 20 N–H and O–H groups in total. The van der Waals surface area contributed by atoms with E-state index in [0.717, 1.165) is 12.1 Å². The monoisotopic (exact) mass is 1290 g/mol. The van der Waals surface area contributed by atoms with Crippen LogP contribution >= 0.6 is 0 Å². The fraction of sp³-hybridized carbons (Fsp3) is 0.600. The molecule has 2 saturated heterocycles. The zero-order valence-corrected chi connectivity index (χ0v) is 50.5. The quantitative estimate of drug-likeness (QED) is 0.00800. The molecule has 0 aromatic heterocycles. The second-order valence-electron chi connectivity index (χ2n) is 21.9. The van der Waals surface area contributed by atoms with E-state index in [4.69, 9.17) is 21.3 Å². The van der Waals surface area contributed by atoms with Crippen molar-refractivity contribution >= 4 is 95.7 Å². The van der Waals surface area contributed by atoms with Gasteiger partial charge in [0.05, 0.1) is 24.2 Å². The molecule has 0 bridgehead atoms. The number of fused-ring (bicyclic) bond motifs is 3. The number of cyclic esters (lactones) is 1. The lowest BCUT2D eigenvalue weighted by molar-refractivity contribution is -0.156. The molecule has 36 heteroatoms. The number of benzene rings is 1. The van der Waals surface area contributed by atoms with Crippen molar-refractivity contribution in [2.45, 2.75) is 177 Å². The van der Waals surface area contributed by atoms with E-state index in [-0.39, 0.29) is 119 Å². The summed E-state index contributed by atoms with van der Waals surface area (Å²) >= 11 is 0. The topological polar surface area (TPSA) is 552 Å². The highest BCUT2D eigenvalue weighted by Crippen LogP contribution is 2.41. The number of hydroxylamine groups is 4. The molecule has 3 heterocycles. The van der Waals surface area contributed by atoms with Crippen LogP contribution in [0.15, 0.2) is 17.8 Å². The molecule has 36 nitrogen and oxygen atoms in total. The molecule has 0 aliphatic carbocycles. The van der Waals surface area contributed by atoms with E-state index in [9.17, 15) is 92.9 Å². The number of hydrogen-bond acceptors (Lipinski definition) is 23. The summed E-state index contributed by atoms with van der Waals surface area (Å²) in [5.74, 6) is -14.4. The van der Waals surface area contributed by atoms with Gasteiger partial charge in [-0.1, -0.05) is 0 Å². The number of carboxylic acids is 2. The smallest absolute Gasteiger partial charge is 0.328 e. The van der Waals surface area contributed by atoms with E-state index in [1.54, 1.807) is 0 Å². The largest absolute Gasteiger partial charge is 0.504 e. The van der Waals surface area contributed by atoms with Gasteiger partial charge < -0.3 is 89.4 Å².